The summed E-state index contributed by atoms with van der Waals surface area (Å²) in [5.41, 5.74) is 1.77. The average molecular weight is 494 g/mol. The fourth-order valence-electron chi connectivity index (χ4n) is 4.64. The summed E-state index contributed by atoms with van der Waals surface area (Å²) in [5, 5.41) is 17.7. The van der Waals surface area contributed by atoms with E-state index in [0.29, 0.717) is 45.8 Å². The van der Waals surface area contributed by atoms with Crippen molar-refractivity contribution in [1.82, 2.24) is 19.9 Å². The van der Waals surface area contributed by atoms with Crippen molar-refractivity contribution in [3.05, 3.63) is 30.0 Å². The van der Waals surface area contributed by atoms with E-state index in [1.54, 1.807) is 13.3 Å². The lowest BCUT2D eigenvalue weighted by atomic mass is 10.2. The van der Waals surface area contributed by atoms with Gasteiger partial charge >= 0.3 is 0 Å². The van der Waals surface area contributed by atoms with Crippen LogP contribution in [0, 0.1) is 11.3 Å². The molecule has 3 aromatic rings. The van der Waals surface area contributed by atoms with Crippen molar-refractivity contribution >= 4 is 40.9 Å². The number of ether oxygens (including phenoxy) is 1. The third-order valence-electron chi connectivity index (χ3n) is 7.11. The Morgan fingerprint density at radius 2 is 2.09 bits per heavy atom. The standard InChI is InChI=1S/C25H32N7O2P/c1-4-16(2)28-24-22-17(14-26)15-27-23(22)30-25(31-24)29-20-8-7-19(13-21(20)34-3)35(33)11-9-32(10-12-35)18-5-6-18/h7-8,13,15-16,18H,4-6,9-12H2,1-3H3,(H3,27,28,29,30,31)/t16-/m0/s1. The maximum Gasteiger partial charge on any atom is 0.231 e. The minimum Gasteiger partial charge on any atom is -0.495 e. The van der Waals surface area contributed by atoms with E-state index in [0.717, 1.165) is 37.1 Å². The second kappa shape index (κ2) is 9.52. The number of H-pyrrole nitrogens is 1. The van der Waals surface area contributed by atoms with Crippen LogP contribution in [0.25, 0.3) is 11.0 Å². The van der Waals surface area contributed by atoms with Crippen molar-refractivity contribution < 1.29 is 9.30 Å². The zero-order valence-electron chi connectivity index (χ0n) is 20.5. The first kappa shape index (κ1) is 23.7. The molecule has 184 valence electrons. The lowest BCUT2D eigenvalue weighted by Gasteiger charge is -2.32. The molecule has 2 aromatic heterocycles. The number of fused-ring (bicyclic) bond motifs is 1. The molecule has 2 fully saturated rings. The summed E-state index contributed by atoms with van der Waals surface area (Å²) in [7, 11) is -0.833. The smallest absolute Gasteiger partial charge is 0.231 e. The summed E-state index contributed by atoms with van der Waals surface area (Å²) in [6, 6.07) is 8.83. The highest BCUT2D eigenvalue weighted by atomic mass is 31.2. The third kappa shape index (κ3) is 4.73. The monoisotopic (exact) mass is 493 g/mol. The Bertz CT molecular complexity index is 1320. The van der Waals surface area contributed by atoms with Crippen molar-refractivity contribution in [2.45, 2.75) is 45.2 Å². The van der Waals surface area contributed by atoms with E-state index in [4.69, 9.17) is 4.74 Å². The van der Waals surface area contributed by atoms with Crippen LogP contribution in [-0.2, 0) is 4.57 Å². The maximum absolute atomic E-state index is 13.7. The van der Waals surface area contributed by atoms with E-state index in [1.165, 1.54) is 12.8 Å². The molecule has 1 aromatic carbocycles. The molecule has 0 unspecified atom stereocenters. The summed E-state index contributed by atoms with van der Waals surface area (Å²) < 4.78 is 19.4. The highest BCUT2D eigenvalue weighted by Gasteiger charge is 2.37. The summed E-state index contributed by atoms with van der Waals surface area (Å²) >= 11 is 0. The van der Waals surface area contributed by atoms with Gasteiger partial charge in [-0.1, -0.05) is 6.92 Å². The molecule has 0 radical (unpaired) electrons. The minimum atomic E-state index is -2.44. The highest BCUT2D eigenvalue weighted by Crippen LogP contribution is 2.49. The van der Waals surface area contributed by atoms with E-state index in [2.05, 4.69) is 50.4 Å². The van der Waals surface area contributed by atoms with Gasteiger partial charge in [0.15, 0.2) is 0 Å². The number of aromatic nitrogens is 3. The Morgan fingerprint density at radius 1 is 1.31 bits per heavy atom. The number of aromatic amines is 1. The van der Waals surface area contributed by atoms with Crippen LogP contribution in [0.3, 0.4) is 0 Å². The second-order valence-corrected chi connectivity index (χ2v) is 12.7. The van der Waals surface area contributed by atoms with Gasteiger partial charge in [-0.3, -0.25) is 4.90 Å². The molecule has 1 saturated heterocycles. The van der Waals surface area contributed by atoms with E-state index in [-0.39, 0.29) is 6.04 Å². The van der Waals surface area contributed by atoms with Gasteiger partial charge in [0.1, 0.15) is 30.4 Å². The molecule has 1 aliphatic carbocycles. The molecule has 3 heterocycles. The summed E-state index contributed by atoms with van der Waals surface area (Å²) in [6.45, 7) is 5.97. The normalized spacial score (nSPS) is 18.7. The van der Waals surface area contributed by atoms with E-state index in [1.807, 2.05) is 18.2 Å². The zero-order valence-corrected chi connectivity index (χ0v) is 21.4. The Hall–Kier alpha value is -3.08. The summed E-state index contributed by atoms with van der Waals surface area (Å²) in [6.07, 6.45) is 6.55. The second-order valence-electron chi connectivity index (χ2n) is 9.50. The number of benzene rings is 1. The van der Waals surface area contributed by atoms with Crippen molar-refractivity contribution in [3.8, 4) is 11.8 Å². The molecule has 10 heteroatoms. The molecule has 1 aliphatic heterocycles. The lowest BCUT2D eigenvalue weighted by molar-refractivity contribution is 0.285. The molecule has 3 N–H and O–H groups in total. The number of nitriles is 1. The molecule has 1 saturated carbocycles. The molecule has 1 atom stereocenters. The highest BCUT2D eigenvalue weighted by molar-refractivity contribution is 7.71. The van der Waals surface area contributed by atoms with Gasteiger partial charge in [0, 0.05) is 49.0 Å². The van der Waals surface area contributed by atoms with E-state index in [9.17, 15) is 9.83 Å². The lowest BCUT2D eigenvalue weighted by Crippen LogP contribution is -2.38. The van der Waals surface area contributed by atoms with Crippen LogP contribution in [0.1, 0.15) is 38.7 Å². The predicted octanol–water partition coefficient (Wildman–Crippen LogP) is 4.26. The SMILES string of the molecule is CC[C@H](C)Nc1nc(Nc2ccc(P3(=O)CCN(C4CC4)CC3)cc2OC)nc2[nH]cc(C#N)c12. The largest absolute Gasteiger partial charge is 0.495 e. The molecule has 2 aliphatic rings. The number of hydrogen-bond acceptors (Lipinski definition) is 8. The zero-order chi connectivity index (χ0) is 24.6. The third-order valence-corrected chi connectivity index (χ3v) is 10.2. The fraction of sp³-hybridized carbons (Fsp3) is 0.480. The van der Waals surface area contributed by atoms with Gasteiger partial charge in [-0.2, -0.15) is 15.2 Å². The molecule has 9 nitrogen and oxygen atoms in total. The van der Waals surface area contributed by atoms with Gasteiger partial charge in [0.05, 0.1) is 23.7 Å². The van der Waals surface area contributed by atoms with Crippen LogP contribution in [0.4, 0.5) is 17.5 Å². The minimum absolute atomic E-state index is 0.180. The first-order valence-electron chi connectivity index (χ1n) is 12.3. The van der Waals surface area contributed by atoms with E-state index >= 15 is 0 Å². The quantitative estimate of drug-likeness (QED) is 0.399. The average Bonchev–Trinajstić information content (AvgIpc) is 3.63. The number of nitrogens with zero attached hydrogens (tertiary/aromatic N) is 4. The number of hydrogen-bond donors (Lipinski definition) is 3. The van der Waals surface area contributed by atoms with Crippen molar-refractivity contribution in [3.63, 3.8) is 0 Å². The van der Waals surface area contributed by atoms with Crippen molar-refractivity contribution in [1.29, 1.82) is 5.26 Å². The molecule has 0 bridgehead atoms. The Balaban J connectivity index is 1.42. The topological polar surface area (TPSA) is 119 Å². The molecular weight excluding hydrogens is 461 g/mol. The summed E-state index contributed by atoms with van der Waals surface area (Å²) in [5.74, 6) is 1.59. The van der Waals surface area contributed by atoms with Gasteiger partial charge in [-0.05, 0) is 44.4 Å². The van der Waals surface area contributed by atoms with Crippen LogP contribution in [0.2, 0.25) is 0 Å². The van der Waals surface area contributed by atoms with Gasteiger partial charge in [0.25, 0.3) is 0 Å². The first-order valence-corrected chi connectivity index (χ1v) is 14.4. The fourth-order valence-corrected chi connectivity index (χ4v) is 7.24. The predicted molar refractivity (Wildman–Crippen MR) is 140 cm³/mol. The van der Waals surface area contributed by atoms with Gasteiger partial charge < -0.3 is 24.9 Å². The van der Waals surface area contributed by atoms with Crippen LogP contribution < -0.4 is 20.7 Å². The van der Waals surface area contributed by atoms with Crippen molar-refractivity contribution in [2.75, 3.05) is 43.2 Å². The van der Waals surface area contributed by atoms with Gasteiger partial charge in [-0.25, -0.2) is 0 Å². The van der Waals surface area contributed by atoms with Crippen LogP contribution in [-0.4, -0.2) is 64.5 Å². The maximum atomic E-state index is 13.7. The Kier molecular flexibility index (Phi) is 6.43. The molecule has 0 amide bonds. The van der Waals surface area contributed by atoms with Crippen molar-refractivity contribution in [2.24, 2.45) is 0 Å². The van der Waals surface area contributed by atoms with Crippen LogP contribution >= 0.6 is 7.14 Å². The Morgan fingerprint density at radius 3 is 2.74 bits per heavy atom. The summed E-state index contributed by atoms with van der Waals surface area (Å²) in [4.78, 5) is 14.8. The molecule has 35 heavy (non-hydrogen) atoms. The van der Waals surface area contributed by atoms with Crippen LogP contribution in [0.5, 0.6) is 5.75 Å². The number of methoxy groups -OCH3 is 1. The number of anilines is 3. The number of nitrogens with one attached hydrogen (secondary N) is 3. The molecule has 5 rings (SSSR count). The molecule has 0 spiro atoms. The molecular formula is C25H32N7O2P. The van der Waals surface area contributed by atoms with E-state index < -0.39 is 7.14 Å². The van der Waals surface area contributed by atoms with Crippen LogP contribution in [0.15, 0.2) is 24.4 Å². The first-order chi connectivity index (χ1) is 16.9. The number of rotatable bonds is 8. The van der Waals surface area contributed by atoms with Gasteiger partial charge in [0.2, 0.25) is 5.95 Å². The Labute approximate surface area is 205 Å². The van der Waals surface area contributed by atoms with Gasteiger partial charge in [-0.15, -0.1) is 0 Å².